The first-order valence-electron chi connectivity index (χ1n) is 9.68. The maximum atomic E-state index is 13.3. The Balaban J connectivity index is 1.60. The van der Waals surface area contributed by atoms with E-state index in [4.69, 9.17) is 4.74 Å². The van der Waals surface area contributed by atoms with E-state index in [9.17, 15) is 9.18 Å². The van der Waals surface area contributed by atoms with E-state index in [0.29, 0.717) is 22.2 Å². The van der Waals surface area contributed by atoms with Crippen LogP contribution in [0.4, 0.5) is 10.1 Å². The number of nitrogens with one attached hydrogen (secondary N) is 1. The molecule has 0 aliphatic rings. The number of anilines is 1. The molecule has 1 amide bonds. The molecular formula is C24H20FN3O2S. The van der Waals surface area contributed by atoms with Crippen LogP contribution in [-0.4, -0.2) is 28.5 Å². The molecule has 5 nitrogen and oxygen atoms in total. The molecule has 0 saturated carbocycles. The van der Waals surface area contributed by atoms with Crippen LogP contribution in [0.2, 0.25) is 0 Å². The summed E-state index contributed by atoms with van der Waals surface area (Å²) in [4.78, 5) is 12.8. The standard InChI is InChI=1S/C24H20FN3O2S/c1-15(23(29)26-20-9-5-6-10-21(20)30-2)31-24-19-8-4-3-7-18(19)22(27-28-24)16-11-13-17(25)14-12-16/h3-15H,1-2H3,(H,26,29)/t15-/m1/s1. The van der Waals surface area contributed by atoms with Crippen LogP contribution in [0.3, 0.4) is 0 Å². The molecule has 1 aromatic heterocycles. The molecule has 4 rings (SSSR count). The largest absolute Gasteiger partial charge is 0.495 e. The van der Waals surface area contributed by atoms with Crippen molar-refractivity contribution < 1.29 is 13.9 Å². The van der Waals surface area contributed by atoms with Crippen LogP contribution in [0.25, 0.3) is 22.0 Å². The second-order valence-corrected chi connectivity index (χ2v) is 8.19. The fourth-order valence-corrected chi connectivity index (χ4v) is 4.08. The Hall–Kier alpha value is -3.45. The number of benzene rings is 3. The summed E-state index contributed by atoms with van der Waals surface area (Å²) in [5.41, 5.74) is 2.07. The van der Waals surface area contributed by atoms with Gasteiger partial charge >= 0.3 is 0 Å². The van der Waals surface area contributed by atoms with Crippen molar-refractivity contribution in [1.29, 1.82) is 0 Å². The third kappa shape index (κ3) is 4.51. The SMILES string of the molecule is COc1ccccc1NC(=O)[C@@H](C)Sc1nnc(-c2ccc(F)cc2)c2ccccc12. The Morgan fingerprint density at radius 3 is 2.39 bits per heavy atom. The van der Waals surface area contributed by atoms with E-state index in [1.54, 1.807) is 31.4 Å². The molecule has 1 N–H and O–H groups in total. The number of nitrogens with zero attached hydrogens (tertiary/aromatic N) is 2. The molecule has 4 aromatic rings. The van der Waals surface area contributed by atoms with Crippen LogP contribution in [0, 0.1) is 5.82 Å². The predicted octanol–water partition coefficient (Wildman–Crippen LogP) is 5.56. The molecule has 0 aliphatic heterocycles. The summed E-state index contributed by atoms with van der Waals surface area (Å²) in [6, 6.07) is 21.2. The fourth-order valence-electron chi connectivity index (χ4n) is 3.19. The van der Waals surface area contributed by atoms with E-state index >= 15 is 0 Å². The number of methoxy groups -OCH3 is 1. The third-order valence-corrected chi connectivity index (χ3v) is 5.89. The van der Waals surface area contributed by atoms with Crippen LogP contribution in [0.1, 0.15) is 6.92 Å². The number of para-hydroxylation sites is 2. The van der Waals surface area contributed by atoms with E-state index < -0.39 is 5.25 Å². The van der Waals surface area contributed by atoms with Crippen molar-refractivity contribution in [2.24, 2.45) is 0 Å². The van der Waals surface area contributed by atoms with E-state index in [2.05, 4.69) is 15.5 Å². The number of thioether (sulfide) groups is 1. The molecule has 1 atom stereocenters. The van der Waals surface area contributed by atoms with Gasteiger partial charge in [0.15, 0.2) is 0 Å². The van der Waals surface area contributed by atoms with Gasteiger partial charge in [-0.15, -0.1) is 10.2 Å². The Morgan fingerprint density at radius 2 is 1.65 bits per heavy atom. The first-order chi connectivity index (χ1) is 15.1. The lowest BCUT2D eigenvalue weighted by Gasteiger charge is -2.15. The van der Waals surface area contributed by atoms with Crippen molar-refractivity contribution >= 4 is 34.1 Å². The van der Waals surface area contributed by atoms with Gasteiger partial charge in [0.25, 0.3) is 0 Å². The number of carbonyl (C=O) groups is 1. The lowest BCUT2D eigenvalue weighted by atomic mass is 10.1. The number of hydrogen-bond donors (Lipinski definition) is 1. The van der Waals surface area contributed by atoms with Gasteiger partial charge in [0, 0.05) is 16.3 Å². The number of amides is 1. The minimum atomic E-state index is -0.417. The number of halogens is 1. The smallest absolute Gasteiger partial charge is 0.237 e. The lowest BCUT2D eigenvalue weighted by Crippen LogP contribution is -2.22. The highest BCUT2D eigenvalue weighted by Crippen LogP contribution is 2.34. The zero-order valence-electron chi connectivity index (χ0n) is 17.0. The van der Waals surface area contributed by atoms with Crippen molar-refractivity contribution in [3.63, 3.8) is 0 Å². The molecule has 0 bridgehead atoms. The van der Waals surface area contributed by atoms with Gasteiger partial charge in [0.2, 0.25) is 5.91 Å². The third-order valence-electron chi connectivity index (χ3n) is 4.79. The molecule has 7 heteroatoms. The number of rotatable bonds is 6. The molecule has 0 saturated heterocycles. The molecule has 0 aliphatic carbocycles. The van der Waals surface area contributed by atoms with Crippen molar-refractivity contribution in [3.8, 4) is 17.0 Å². The van der Waals surface area contributed by atoms with E-state index in [1.807, 2.05) is 43.3 Å². The van der Waals surface area contributed by atoms with E-state index in [1.165, 1.54) is 23.9 Å². The molecule has 3 aromatic carbocycles. The highest BCUT2D eigenvalue weighted by molar-refractivity contribution is 8.00. The van der Waals surface area contributed by atoms with E-state index in [0.717, 1.165) is 16.3 Å². The highest BCUT2D eigenvalue weighted by Gasteiger charge is 2.20. The molecule has 156 valence electrons. The Kier molecular flexibility index (Phi) is 6.13. The zero-order valence-corrected chi connectivity index (χ0v) is 17.8. The molecule has 0 spiro atoms. The quantitative estimate of drug-likeness (QED) is 0.403. The fraction of sp³-hybridized carbons (Fsp3) is 0.125. The van der Waals surface area contributed by atoms with Crippen molar-refractivity contribution in [1.82, 2.24) is 10.2 Å². The Labute approximate surface area is 183 Å². The number of fused-ring (bicyclic) bond motifs is 1. The van der Waals surface area contributed by atoms with Crippen molar-refractivity contribution in [3.05, 3.63) is 78.6 Å². The Bertz CT molecular complexity index is 1230. The van der Waals surface area contributed by atoms with Gasteiger partial charge in [-0.25, -0.2) is 4.39 Å². The van der Waals surface area contributed by atoms with Gasteiger partial charge in [-0.3, -0.25) is 4.79 Å². The first kappa shape index (κ1) is 20.8. The molecule has 1 heterocycles. The average molecular weight is 434 g/mol. The van der Waals surface area contributed by atoms with Crippen molar-refractivity contribution in [2.45, 2.75) is 17.2 Å². The van der Waals surface area contributed by atoms with Gasteiger partial charge in [0.05, 0.1) is 18.0 Å². The first-order valence-corrected chi connectivity index (χ1v) is 10.6. The second-order valence-electron chi connectivity index (χ2n) is 6.86. The normalized spacial score (nSPS) is 11.8. The average Bonchev–Trinajstić information content (AvgIpc) is 2.80. The van der Waals surface area contributed by atoms with Gasteiger partial charge < -0.3 is 10.1 Å². The minimum absolute atomic E-state index is 0.164. The topological polar surface area (TPSA) is 64.1 Å². The van der Waals surface area contributed by atoms with Crippen molar-refractivity contribution in [2.75, 3.05) is 12.4 Å². The summed E-state index contributed by atoms with van der Waals surface area (Å²) in [6.07, 6.45) is 0. The molecule has 0 fully saturated rings. The number of ether oxygens (including phenoxy) is 1. The van der Waals surface area contributed by atoms with Crippen LogP contribution < -0.4 is 10.1 Å². The van der Waals surface area contributed by atoms with Crippen LogP contribution in [0.5, 0.6) is 5.75 Å². The number of carbonyl (C=O) groups excluding carboxylic acids is 1. The number of hydrogen-bond acceptors (Lipinski definition) is 5. The van der Waals surface area contributed by atoms with Crippen LogP contribution in [-0.2, 0) is 4.79 Å². The maximum absolute atomic E-state index is 13.3. The molecular weight excluding hydrogens is 413 g/mol. The van der Waals surface area contributed by atoms with E-state index in [-0.39, 0.29) is 11.7 Å². The summed E-state index contributed by atoms with van der Waals surface area (Å²) in [6.45, 7) is 1.82. The van der Waals surface area contributed by atoms with Crippen LogP contribution >= 0.6 is 11.8 Å². The monoisotopic (exact) mass is 433 g/mol. The van der Waals surface area contributed by atoms with Gasteiger partial charge in [-0.05, 0) is 43.3 Å². The maximum Gasteiger partial charge on any atom is 0.237 e. The molecule has 0 radical (unpaired) electrons. The summed E-state index contributed by atoms with van der Waals surface area (Å²) in [5.74, 6) is 0.132. The highest BCUT2D eigenvalue weighted by atomic mass is 32.2. The summed E-state index contributed by atoms with van der Waals surface area (Å²) >= 11 is 1.33. The zero-order chi connectivity index (χ0) is 21.8. The van der Waals surface area contributed by atoms with Gasteiger partial charge in [0.1, 0.15) is 22.3 Å². The lowest BCUT2D eigenvalue weighted by molar-refractivity contribution is -0.115. The van der Waals surface area contributed by atoms with Crippen LogP contribution in [0.15, 0.2) is 77.8 Å². The predicted molar refractivity (Wildman–Crippen MR) is 122 cm³/mol. The number of aromatic nitrogens is 2. The molecule has 31 heavy (non-hydrogen) atoms. The van der Waals surface area contributed by atoms with Gasteiger partial charge in [-0.1, -0.05) is 48.2 Å². The second kappa shape index (κ2) is 9.14. The molecule has 0 unspecified atom stereocenters. The summed E-state index contributed by atoms with van der Waals surface area (Å²) in [7, 11) is 1.56. The summed E-state index contributed by atoms with van der Waals surface area (Å²) in [5, 5.41) is 13.7. The minimum Gasteiger partial charge on any atom is -0.495 e. The van der Waals surface area contributed by atoms with Gasteiger partial charge in [-0.2, -0.15) is 0 Å². The summed E-state index contributed by atoms with van der Waals surface area (Å²) < 4.78 is 18.6. The Morgan fingerprint density at radius 1 is 0.968 bits per heavy atom.